The number of benzene rings is 1. The molecule has 2 heterocycles. The molecule has 5 nitrogen and oxygen atoms in total. The lowest BCUT2D eigenvalue weighted by Gasteiger charge is -2.29. The van der Waals surface area contributed by atoms with Crippen LogP contribution in [0.15, 0.2) is 30.3 Å². The summed E-state index contributed by atoms with van der Waals surface area (Å²) in [7, 11) is 0. The summed E-state index contributed by atoms with van der Waals surface area (Å²) in [6.07, 6.45) is 0. The summed E-state index contributed by atoms with van der Waals surface area (Å²) in [6.45, 7) is 2.14. The molecule has 1 aliphatic rings. The van der Waals surface area contributed by atoms with Crippen LogP contribution in [0, 0.1) is 11.6 Å². The minimum Gasteiger partial charge on any atom is -0.477 e. The fourth-order valence-corrected chi connectivity index (χ4v) is 2.50. The number of rotatable bonds is 3. The molecule has 0 amide bonds. The molecule has 0 aliphatic carbocycles. The molecule has 0 bridgehead atoms. The number of pyridine rings is 1. The van der Waals surface area contributed by atoms with E-state index in [2.05, 4.69) is 4.98 Å². The Morgan fingerprint density at radius 2 is 1.83 bits per heavy atom. The van der Waals surface area contributed by atoms with Gasteiger partial charge in [0, 0.05) is 18.8 Å². The van der Waals surface area contributed by atoms with E-state index in [1.165, 1.54) is 30.3 Å². The molecule has 0 atom stereocenters. The molecule has 1 aromatic heterocycles. The molecular weight excluding hydrogens is 306 g/mol. The zero-order valence-corrected chi connectivity index (χ0v) is 12.1. The number of aromatic nitrogens is 1. The minimum atomic E-state index is -1.25. The molecule has 0 radical (unpaired) electrons. The molecule has 23 heavy (non-hydrogen) atoms. The Balaban J connectivity index is 2.00. The number of carboxylic acid groups (broad SMARTS) is 1. The number of nitrogens with zero attached hydrogens (tertiary/aromatic N) is 2. The van der Waals surface area contributed by atoms with Crippen molar-refractivity contribution in [2.45, 2.75) is 0 Å². The van der Waals surface area contributed by atoms with Crippen molar-refractivity contribution < 1.29 is 23.4 Å². The predicted octanol–water partition coefficient (Wildman–Crippen LogP) is 2.56. The van der Waals surface area contributed by atoms with Gasteiger partial charge in [0.05, 0.1) is 24.5 Å². The fourth-order valence-electron chi connectivity index (χ4n) is 2.50. The van der Waals surface area contributed by atoms with Gasteiger partial charge in [0.15, 0.2) is 0 Å². The lowest BCUT2D eigenvalue weighted by atomic mass is 10.1. The van der Waals surface area contributed by atoms with Gasteiger partial charge < -0.3 is 14.7 Å². The van der Waals surface area contributed by atoms with Crippen molar-refractivity contribution in [1.29, 1.82) is 0 Å². The number of carbonyl (C=O) groups is 1. The Bertz CT molecular complexity index is 723. The van der Waals surface area contributed by atoms with Crippen LogP contribution in [0.4, 0.5) is 14.5 Å². The zero-order chi connectivity index (χ0) is 16.4. The molecule has 7 heteroatoms. The number of anilines is 1. The van der Waals surface area contributed by atoms with E-state index in [0.717, 1.165) is 0 Å². The molecule has 1 saturated heterocycles. The highest BCUT2D eigenvalue weighted by Gasteiger charge is 2.19. The van der Waals surface area contributed by atoms with E-state index in [1.807, 2.05) is 4.90 Å². The Morgan fingerprint density at radius 1 is 1.17 bits per heavy atom. The van der Waals surface area contributed by atoms with Crippen LogP contribution in [-0.4, -0.2) is 42.4 Å². The van der Waals surface area contributed by atoms with Crippen molar-refractivity contribution >= 4 is 11.7 Å². The van der Waals surface area contributed by atoms with Gasteiger partial charge in [0.25, 0.3) is 0 Å². The maximum Gasteiger partial charge on any atom is 0.354 e. The summed E-state index contributed by atoms with van der Waals surface area (Å²) in [5.41, 5.74) is -0.210. The highest BCUT2D eigenvalue weighted by Crippen LogP contribution is 2.29. The number of aromatic carboxylic acids is 1. The Morgan fingerprint density at radius 3 is 2.43 bits per heavy atom. The summed E-state index contributed by atoms with van der Waals surface area (Å²) in [4.78, 5) is 16.6. The van der Waals surface area contributed by atoms with Crippen LogP contribution >= 0.6 is 0 Å². The van der Waals surface area contributed by atoms with Crippen molar-refractivity contribution in [3.63, 3.8) is 0 Å². The molecule has 3 rings (SSSR count). The van der Waals surface area contributed by atoms with Crippen molar-refractivity contribution in [2.75, 3.05) is 31.2 Å². The Kier molecular flexibility index (Phi) is 4.20. The van der Waals surface area contributed by atoms with Gasteiger partial charge in [-0.1, -0.05) is 6.07 Å². The van der Waals surface area contributed by atoms with Crippen molar-refractivity contribution in [3.05, 3.63) is 47.7 Å². The van der Waals surface area contributed by atoms with Crippen LogP contribution in [0.1, 0.15) is 10.5 Å². The fraction of sp³-hybridized carbons (Fsp3) is 0.250. The number of hydrogen-bond acceptors (Lipinski definition) is 4. The van der Waals surface area contributed by atoms with Gasteiger partial charge in [-0.15, -0.1) is 0 Å². The smallest absolute Gasteiger partial charge is 0.354 e. The van der Waals surface area contributed by atoms with Crippen LogP contribution in [0.2, 0.25) is 0 Å². The summed E-state index contributed by atoms with van der Waals surface area (Å²) in [6, 6.07) is 6.52. The van der Waals surface area contributed by atoms with E-state index in [0.29, 0.717) is 32.0 Å². The van der Waals surface area contributed by atoms with Gasteiger partial charge in [0.1, 0.15) is 17.3 Å². The second-order valence-corrected chi connectivity index (χ2v) is 5.10. The molecule has 1 fully saturated rings. The van der Waals surface area contributed by atoms with E-state index in [1.54, 1.807) is 0 Å². The lowest BCUT2D eigenvalue weighted by Crippen LogP contribution is -2.36. The van der Waals surface area contributed by atoms with Crippen LogP contribution < -0.4 is 4.90 Å². The third kappa shape index (κ3) is 3.14. The molecule has 0 spiro atoms. The van der Waals surface area contributed by atoms with E-state index in [4.69, 9.17) is 9.84 Å². The average Bonchev–Trinajstić information content (AvgIpc) is 2.55. The van der Waals surface area contributed by atoms with Gasteiger partial charge in [0.2, 0.25) is 0 Å². The van der Waals surface area contributed by atoms with E-state index < -0.39 is 17.6 Å². The number of carboxylic acids is 1. The summed E-state index contributed by atoms with van der Waals surface area (Å²) in [5.74, 6) is -2.80. The van der Waals surface area contributed by atoms with Gasteiger partial charge in [-0.2, -0.15) is 0 Å². The standard InChI is InChI=1S/C16H14F2N2O3/c17-11-8-10(20-4-6-23-7-5-20)9-12(18)15(11)13-2-1-3-14(19-13)16(21)22/h1-3,8-9H,4-7H2,(H,21,22). The number of halogens is 2. The largest absolute Gasteiger partial charge is 0.477 e. The Labute approximate surface area is 131 Å². The minimum absolute atomic E-state index is 0.0478. The van der Waals surface area contributed by atoms with Crippen LogP contribution in [-0.2, 0) is 4.74 Å². The van der Waals surface area contributed by atoms with E-state index in [-0.39, 0.29) is 17.0 Å². The highest BCUT2D eigenvalue weighted by molar-refractivity contribution is 5.86. The Hall–Kier alpha value is -2.54. The van der Waals surface area contributed by atoms with Crippen LogP contribution in [0.3, 0.4) is 0 Å². The van der Waals surface area contributed by atoms with E-state index in [9.17, 15) is 13.6 Å². The summed E-state index contributed by atoms with van der Waals surface area (Å²) < 4.78 is 34.0. The van der Waals surface area contributed by atoms with Gasteiger partial charge in [-0.3, -0.25) is 0 Å². The number of morpholine rings is 1. The lowest BCUT2D eigenvalue weighted by molar-refractivity contribution is 0.0690. The van der Waals surface area contributed by atoms with E-state index >= 15 is 0 Å². The first kappa shape index (κ1) is 15.4. The molecule has 0 unspecified atom stereocenters. The first-order valence-electron chi connectivity index (χ1n) is 7.09. The second-order valence-electron chi connectivity index (χ2n) is 5.10. The highest BCUT2D eigenvalue weighted by atomic mass is 19.1. The normalized spacial score (nSPS) is 14.8. The maximum atomic E-state index is 14.4. The number of hydrogen-bond donors (Lipinski definition) is 1. The molecule has 1 aromatic carbocycles. The zero-order valence-electron chi connectivity index (χ0n) is 12.1. The SMILES string of the molecule is O=C(O)c1cccc(-c2c(F)cc(N3CCOCC3)cc2F)n1. The van der Waals surface area contributed by atoms with Gasteiger partial charge in [-0.25, -0.2) is 18.6 Å². The second kappa shape index (κ2) is 6.29. The third-order valence-electron chi connectivity index (χ3n) is 3.63. The van der Waals surface area contributed by atoms with Crippen molar-refractivity contribution in [2.24, 2.45) is 0 Å². The monoisotopic (exact) mass is 320 g/mol. The van der Waals surface area contributed by atoms with Crippen LogP contribution in [0.25, 0.3) is 11.3 Å². The topological polar surface area (TPSA) is 62.7 Å². The third-order valence-corrected chi connectivity index (χ3v) is 3.63. The maximum absolute atomic E-state index is 14.4. The quantitative estimate of drug-likeness (QED) is 0.942. The molecule has 1 N–H and O–H groups in total. The molecular formula is C16H14F2N2O3. The first-order valence-corrected chi connectivity index (χ1v) is 7.09. The van der Waals surface area contributed by atoms with Crippen LogP contribution in [0.5, 0.6) is 0 Å². The van der Waals surface area contributed by atoms with Gasteiger partial charge in [-0.05, 0) is 24.3 Å². The summed E-state index contributed by atoms with van der Waals surface area (Å²) >= 11 is 0. The number of ether oxygens (including phenoxy) is 1. The summed E-state index contributed by atoms with van der Waals surface area (Å²) in [5, 5.41) is 8.94. The average molecular weight is 320 g/mol. The molecule has 0 saturated carbocycles. The van der Waals surface area contributed by atoms with Crippen molar-refractivity contribution in [3.8, 4) is 11.3 Å². The first-order chi connectivity index (χ1) is 11.1. The molecule has 120 valence electrons. The molecule has 2 aromatic rings. The predicted molar refractivity (Wildman–Crippen MR) is 79.6 cm³/mol. The van der Waals surface area contributed by atoms with Gasteiger partial charge >= 0.3 is 5.97 Å². The molecule has 1 aliphatic heterocycles. The van der Waals surface area contributed by atoms with Crippen molar-refractivity contribution in [1.82, 2.24) is 4.98 Å².